The first-order valence-electron chi connectivity index (χ1n) is 2.38. The summed E-state index contributed by atoms with van der Waals surface area (Å²) in [6.07, 6.45) is 6.73. The molecule has 1 rings (SSSR count). The minimum Gasteiger partial charge on any atom is -0.391 e. The van der Waals surface area contributed by atoms with Crippen LogP contribution >= 0.6 is 0 Å². The van der Waals surface area contributed by atoms with Gasteiger partial charge in [0, 0.05) is 25.4 Å². The van der Waals surface area contributed by atoms with E-state index in [9.17, 15) is 0 Å². The van der Waals surface area contributed by atoms with Crippen LogP contribution in [0.4, 0.5) is 0 Å². The zero-order chi connectivity index (χ0) is 4.24. The maximum absolute atomic E-state index is 3.10. The SMILES string of the molecule is C1=CNCCC1.[Li]. The normalized spacial score (nSPS) is 17.1. The quantitative estimate of drug-likeness (QED) is 0.427. The van der Waals surface area contributed by atoms with Gasteiger partial charge in [0.25, 0.3) is 0 Å². The molecule has 35 valence electrons. The zero-order valence-electron chi connectivity index (χ0n) is 4.78. The van der Waals surface area contributed by atoms with E-state index >= 15 is 0 Å². The van der Waals surface area contributed by atoms with Gasteiger partial charge in [-0.15, -0.1) is 0 Å². The van der Waals surface area contributed by atoms with Crippen LogP contribution in [-0.4, -0.2) is 25.4 Å². The van der Waals surface area contributed by atoms with Crippen molar-refractivity contribution in [3.8, 4) is 0 Å². The summed E-state index contributed by atoms with van der Waals surface area (Å²) in [7, 11) is 0. The molecule has 0 bridgehead atoms. The van der Waals surface area contributed by atoms with Crippen molar-refractivity contribution in [2.45, 2.75) is 12.8 Å². The van der Waals surface area contributed by atoms with E-state index in [4.69, 9.17) is 0 Å². The van der Waals surface area contributed by atoms with Gasteiger partial charge in [-0.3, -0.25) is 0 Å². The van der Waals surface area contributed by atoms with Gasteiger partial charge in [-0.1, -0.05) is 6.08 Å². The number of hydrogen-bond acceptors (Lipinski definition) is 1. The molecule has 0 saturated heterocycles. The summed E-state index contributed by atoms with van der Waals surface area (Å²) in [5.74, 6) is 0. The molecule has 0 atom stereocenters. The Bertz CT molecular complexity index is 53.1. The average molecular weight is 90.1 g/mol. The standard InChI is InChI=1S/C5H9N.Li/c1-2-4-6-5-3-1;/h2,4,6H,1,3,5H2;. The van der Waals surface area contributed by atoms with Gasteiger partial charge in [0.05, 0.1) is 0 Å². The molecule has 0 fully saturated rings. The molecule has 1 N–H and O–H groups in total. The third-order valence-corrected chi connectivity index (χ3v) is 0.928. The van der Waals surface area contributed by atoms with Crippen LogP contribution in [0.1, 0.15) is 12.8 Å². The van der Waals surface area contributed by atoms with Crippen LogP contribution in [0.3, 0.4) is 0 Å². The zero-order valence-corrected chi connectivity index (χ0v) is 4.78. The minimum atomic E-state index is 0. The van der Waals surface area contributed by atoms with Crippen LogP contribution in [0.2, 0.25) is 0 Å². The van der Waals surface area contributed by atoms with Gasteiger partial charge in [-0.2, -0.15) is 0 Å². The van der Waals surface area contributed by atoms with E-state index in [1.54, 1.807) is 0 Å². The number of allylic oxidation sites excluding steroid dienone is 1. The molecule has 1 aliphatic heterocycles. The van der Waals surface area contributed by atoms with Crippen LogP contribution in [0.25, 0.3) is 0 Å². The first-order chi connectivity index (χ1) is 3.00. The first kappa shape index (κ1) is 7.14. The van der Waals surface area contributed by atoms with E-state index in [1.165, 1.54) is 12.8 Å². The second-order valence-corrected chi connectivity index (χ2v) is 1.50. The predicted molar refractivity (Wildman–Crippen MR) is 32.1 cm³/mol. The molecule has 0 amide bonds. The summed E-state index contributed by atoms with van der Waals surface area (Å²) in [6.45, 7) is 1.16. The van der Waals surface area contributed by atoms with Gasteiger partial charge < -0.3 is 5.32 Å². The van der Waals surface area contributed by atoms with Gasteiger partial charge in [0.2, 0.25) is 0 Å². The van der Waals surface area contributed by atoms with E-state index < -0.39 is 0 Å². The van der Waals surface area contributed by atoms with Crippen LogP contribution in [-0.2, 0) is 0 Å². The van der Waals surface area contributed by atoms with Gasteiger partial charge in [-0.05, 0) is 19.0 Å². The molecule has 1 radical (unpaired) electrons. The maximum Gasteiger partial charge on any atom is 0.0144 e. The van der Waals surface area contributed by atoms with E-state index in [-0.39, 0.29) is 18.9 Å². The van der Waals surface area contributed by atoms with E-state index in [0.717, 1.165) is 6.54 Å². The van der Waals surface area contributed by atoms with Crippen molar-refractivity contribution in [2.75, 3.05) is 6.54 Å². The monoisotopic (exact) mass is 90.1 g/mol. The fraction of sp³-hybridized carbons (Fsp3) is 0.600. The fourth-order valence-electron chi connectivity index (χ4n) is 0.572. The molecule has 0 spiro atoms. The Hall–Kier alpha value is 0.137. The Kier molecular flexibility index (Phi) is 4.38. The molecule has 0 aliphatic carbocycles. The van der Waals surface area contributed by atoms with Crippen molar-refractivity contribution < 1.29 is 0 Å². The number of rotatable bonds is 0. The van der Waals surface area contributed by atoms with E-state index in [2.05, 4.69) is 11.4 Å². The smallest absolute Gasteiger partial charge is 0.0144 e. The molecular formula is C5H9LiN. The molecular weight excluding hydrogens is 81.0 g/mol. The summed E-state index contributed by atoms with van der Waals surface area (Å²) < 4.78 is 0. The molecule has 0 aromatic heterocycles. The Morgan fingerprint density at radius 1 is 1.43 bits per heavy atom. The Morgan fingerprint density at radius 2 is 2.29 bits per heavy atom. The Balaban J connectivity index is 0.000000360. The molecule has 0 saturated carbocycles. The van der Waals surface area contributed by atoms with E-state index in [0.29, 0.717) is 0 Å². The molecule has 0 unspecified atom stereocenters. The molecule has 1 heterocycles. The summed E-state index contributed by atoms with van der Waals surface area (Å²) in [5.41, 5.74) is 0. The fourth-order valence-corrected chi connectivity index (χ4v) is 0.572. The molecule has 0 aromatic rings. The summed E-state index contributed by atoms with van der Waals surface area (Å²) >= 11 is 0. The largest absolute Gasteiger partial charge is 0.391 e. The number of hydrogen-bond donors (Lipinski definition) is 1. The molecule has 1 aliphatic rings. The maximum atomic E-state index is 3.10. The Morgan fingerprint density at radius 3 is 2.43 bits per heavy atom. The predicted octanol–water partition coefficient (Wildman–Crippen LogP) is 0.503. The van der Waals surface area contributed by atoms with Crippen LogP contribution in [0.5, 0.6) is 0 Å². The van der Waals surface area contributed by atoms with Crippen LogP contribution in [0.15, 0.2) is 12.3 Å². The molecule has 0 aromatic carbocycles. The van der Waals surface area contributed by atoms with Crippen molar-refractivity contribution in [3.63, 3.8) is 0 Å². The van der Waals surface area contributed by atoms with Gasteiger partial charge in [0.15, 0.2) is 0 Å². The third-order valence-electron chi connectivity index (χ3n) is 0.928. The minimum absolute atomic E-state index is 0. The van der Waals surface area contributed by atoms with E-state index in [1.807, 2.05) is 6.20 Å². The Labute approximate surface area is 56.4 Å². The van der Waals surface area contributed by atoms with Crippen LogP contribution in [0, 0.1) is 0 Å². The van der Waals surface area contributed by atoms with Crippen molar-refractivity contribution in [2.24, 2.45) is 0 Å². The second kappa shape index (κ2) is 4.30. The van der Waals surface area contributed by atoms with Gasteiger partial charge >= 0.3 is 0 Å². The molecule has 7 heavy (non-hydrogen) atoms. The summed E-state index contributed by atoms with van der Waals surface area (Å²) in [4.78, 5) is 0. The third kappa shape index (κ3) is 2.79. The average Bonchev–Trinajstić information content (AvgIpc) is 1.72. The topological polar surface area (TPSA) is 12.0 Å². The second-order valence-electron chi connectivity index (χ2n) is 1.50. The van der Waals surface area contributed by atoms with Crippen molar-refractivity contribution in [1.29, 1.82) is 0 Å². The van der Waals surface area contributed by atoms with Crippen molar-refractivity contribution in [3.05, 3.63) is 12.3 Å². The van der Waals surface area contributed by atoms with Crippen molar-refractivity contribution in [1.82, 2.24) is 5.32 Å². The first-order valence-corrected chi connectivity index (χ1v) is 2.38. The van der Waals surface area contributed by atoms with Gasteiger partial charge in [0.1, 0.15) is 0 Å². The summed E-state index contributed by atoms with van der Waals surface area (Å²) in [6, 6.07) is 0. The van der Waals surface area contributed by atoms with Crippen molar-refractivity contribution >= 4 is 18.9 Å². The molecule has 1 nitrogen and oxygen atoms in total. The van der Waals surface area contributed by atoms with Crippen LogP contribution < -0.4 is 5.32 Å². The van der Waals surface area contributed by atoms with Gasteiger partial charge in [-0.25, -0.2) is 0 Å². The summed E-state index contributed by atoms with van der Waals surface area (Å²) in [5, 5.41) is 3.10. The molecule has 2 heteroatoms. The number of nitrogens with one attached hydrogen (secondary N) is 1.